The molecule has 3 heteroatoms. The van der Waals surface area contributed by atoms with E-state index in [0.29, 0.717) is 11.4 Å². The van der Waals surface area contributed by atoms with Gasteiger partial charge in [0.15, 0.2) is 0 Å². The number of nitrogens with zero attached hydrogens (tertiary/aromatic N) is 2. The summed E-state index contributed by atoms with van der Waals surface area (Å²) < 4.78 is 5.76. The van der Waals surface area contributed by atoms with E-state index >= 15 is 0 Å². The highest BCUT2D eigenvalue weighted by atomic mass is 16.5. The minimum atomic E-state index is -0.502. The van der Waals surface area contributed by atoms with Crippen LogP contribution >= 0.6 is 0 Å². The Bertz CT molecular complexity index is 556. The maximum Gasteiger partial charge on any atom is 0.143 e. The molecule has 0 amide bonds. The first-order valence-electron chi connectivity index (χ1n) is 6.15. The zero-order chi connectivity index (χ0) is 13.7. The van der Waals surface area contributed by atoms with Crippen molar-refractivity contribution < 1.29 is 4.74 Å². The van der Waals surface area contributed by atoms with Gasteiger partial charge >= 0.3 is 0 Å². The summed E-state index contributed by atoms with van der Waals surface area (Å²) in [4.78, 5) is 0. The first kappa shape index (κ1) is 13.3. The lowest BCUT2D eigenvalue weighted by Gasteiger charge is -2.29. The Morgan fingerprint density at radius 1 is 0.895 bits per heavy atom. The smallest absolute Gasteiger partial charge is 0.143 e. The predicted molar refractivity (Wildman–Crippen MR) is 77.1 cm³/mol. The van der Waals surface area contributed by atoms with Crippen molar-refractivity contribution in [2.24, 2.45) is 10.2 Å². The quantitative estimate of drug-likeness (QED) is 0.551. The van der Waals surface area contributed by atoms with Crippen molar-refractivity contribution in [2.75, 3.05) is 0 Å². The van der Waals surface area contributed by atoms with Crippen molar-refractivity contribution in [3.05, 3.63) is 61.5 Å². The van der Waals surface area contributed by atoms with Crippen molar-refractivity contribution in [1.29, 1.82) is 0 Å². The molecule has 2 aromatic carbocycles. The summed E-state index contributed by atoms with van der Waals surface area (Å²) in [5.74, 6) is 0.683. The zero-order valence-electron chi connectivity index (χ0n) is 11.2. The van der Waals surface area contributed by atoms with E-state index in [9.17, 15) is 0 Å². The molecule has 0 aliphatic carbocycles. The molecular weight excluding hydrogens is 236 g/mol. The van der Waals surface area contributed by atoms with Crippen molar-refractivity contribution in [3.63, 3.8) is 0 Å². The summed E-state index contributed by atoms with van der Waals surface area (Å²) >= 11 is 0. The number of benzene rings is 2. The molecule has 0 heterocycles. The monoisotopic (exact) mass is 253 g/mol. The van der Waals surface area contributed by atoms with Crippen LogP contribution in [-0.4, -0.2) is 5.60 Å². The van der Waals surface area contributed by atoms with Gasteiger partial charge in [0.05, 0.1) is 5.69 Å². The largest absolute Gasteiger partial charge is 0.517 e. The highest BCUT2D eigenvalue weighted by Gasteiger charge is 2.08. The molecule has 0 bridgehead atoms. The van der Waals surface area contributed by atoms with E-state index in [0.717, 1.165) is 5.69 Å². The molecule has 19 heavy (non-hydrogen) atoms. The highest BCUT2D eigenvalue weighted by Crippen LogP contribution is 2.31. The standard InChI is InChI=1S/C16H17N2O/c1-16(2,3)19-15-12-8-7-11-14(15)18-17-13-9-5-4-6-10-13/h4-12H,1H2,2-3H3/q-1. The fourth-order valence-corrected chi connectivity index (χ4v) is 1.53. The van der Waals surface area contributed by atoms with E-state index in [-0.39, 0.29) is 0 Å². The number of para-hydroxylation sites is 1. The summed E-state index contributed by atoms with van der Waals surface area (Å²) in [5, 5.41) is 8.42. The van der Waals surface area contributed by atoms with E-state index in [1.807, 2.05) is 68.4 Å². The molecule has 0 atom stereocenters. The third-order valence-corrected chi connectivity index (χ3v) is 2.28. The van der Waals surface area contributed by atoms with E-state index in [2.05, 4.69) is 17.2 Å². The lowest BCUT2D eigenvalue weighted by atomic mass is 10.2. The molecule has 0 saturated heterocycles. The molecule has 0 aliphatic rings. The van der Waals surface area contributed by atoms with Gasteiger partial charge in [0.25, 0.3) is 0 Å². The van der Waals surface area contributed by atoms with Gasteiger partial charge in [-0.3, -0.25) is 0 Å². The summed E-state index contributed by atoms with van der Waals surface area (Å²) in [6.07, 6.45) is 0. The van der Waals surface area contributed by atoms with E-state index in [4.69, 9.17) is 4.74 Å². The normalized spacial score (nSPS) is 11.7. The molecule has 0 N–H and O–H groups in total. The van der Waals surface area contributed by atoms with Crippen LogP contribution in [0.1, 0.15) is 13.8 Å². The molecule has 2 aromatic rings. The van der Waals surface area contributed by atoms with Crippen LogP contribution in [0.3, 0.4) is 0 Å². The number of hydrogen-bond acceptors (Lipinski definition) is 3. The molecule has 0 aliphatic heterocycles. The maximum absolute atomic E-state index is 5.76. The van der Waals surface area contributed by atoms with Crippen LogP contribution in [0.2, 0.25) is 0 Å². The second-order valence-corrected chi connectivity index (χ2v) is 4.87. The Labute approximate surface area is 114 Å². The van der Waals surface area contributed by atoms with Gasteiger partial charge in [0.1, 0.15) is 11.4 Å². The Hall–Kier alpha value is -2.16. The average molecular weight is 253 g/mol. The molecule has 0 spiro atoms. The third-order valence-electron chi connectivity index (χ3n) is 2.28. The first-order valence-corrected chi connectivity index (χ1v) is 6.15. The second kappa shape index (κ2) is 5.65. The maximum atomic E-state index is 5.76. The van der Waals surface area contributed by atoms with E-state index < -0.39 is 5.60 Å². The van der Waals surface area contributed by atoms with Gasteiger partial charge in [-0.1, -0.05) is 44.2 Å². The van der Waals surface area contributed by atoms with Gasteiger partial charge in [-0.2, -0.15) is 5.11 Å². The SMILES string of the molecule is [CH2-]C(C)(C)Oc1ccccc1N=Nc1ccccc1. The molecule has 0 unspecified atom stereocenters. The minimum Gasteiger partial charge on any atom is -0.517 e. The molecule has 2 rings (SSSR count). The lowest BCUT2D eigenvalue weighted by Crippen LogP contribution is -2.23. The molecule has 98 valence electrons. The minimum absolute atomic E-state index is 0.502. The van der Waals surface area contributed by atoms with Crippen LogP contribution in [-0.2, 0) is 0 Å². The van der Waals surface area contributed by atoms with Crippen molar-refractivity contribution >= 4 is 11.4 Å². The molecule has 0 fully saturated rings. The molecule has 0 aromatic heterocycles. The van der Waals surface area contributed by atoms with Crippen LogP contribution in [0.4, 0.5) is 11.4 Å². The zero-order valence-corrected chi connectivity index (χ0v) is 11.2. The van der Waals surface area contributed by atoms with Crippen molar-refractivity contribution in [1.82, 2.24) is 0 Å². The number of rotatable bonds is 4. The summed E-state index contributed by atoms with van der Waals surface area (Å²) in [7, 11) is 0. The van der Waals surface area contributed by atoms with Crippen LogP contribution in [0, 0.1) is 6.92 Å². The highest BCUT2D eigenvalue weighted by molar-refractivity contribution is 5.51. The van der Waals surface area contributed by atoms with Gasteiger partial charge in [-0.05, 0) is 29.9 Å². The van der Waals surface area contributed by atoms with Gasteiger partial charge in [-0.15, -0.1) is 5.11 Å². The molecule has 3 nitrogen and oxygen atoms in total. The average Bonchev–Trinajstić information content (AvgIpc) is 2.37. The Morgan fingerprint density at radius 2 is 1.53 bits per heavy atom. The van der Waals surface area contributed by atoms with Crippen LogP contribution in [0.15, 0.2) is 64.8 Å². The van der Waals surface area contributed by atoms with Crippen LogP contribution < -0.4 is 4.74 Å². The second-order valence-electron chi connectivity index (χ2n) is 4.87. The van der Waals surface area contributed by atoms with Crippen molar-refractivity contribution in [2.45, 2.75) is 19.4 Å². The molecular formula is C16H17N2O-. The van der Waals surface area contributed by atoms with Gasteiger partial charge in [0.2, 0.25) is 0 Å². The lowest BCUT2D eigenvalue weighted by molar-refractivity contribution is 0.160. The Balaban J connectivity index is 2.23. The predicted octanol–water partition coefficient (Wildman–Crippen LogP) is 5.09. The van der Waals surface area contributed by atoms with Crippen LogP contribution in [0.5, 0.6) is 5.75 Å². The Kier molecular flexibility index (Phi) is 3.95. The summed E-state index contributed by atoms with van der Waals surface area (Å²) in [5.41, 5.74) is 1.01. The molecule has 0 radical (unpaired) electrons. The fraction of sp³-hybridized carbons (Fsp3) is 0.188. The Morgan fingerprint density at radius 3 is 2.21 bits per heavy atom. The molecule has 0 saturated carbocycles. The third kappa shape index (κ3) is 4.21. The topological polar surface area (TPSA) is 34.0 Å². The van der Waals surface area contributed by atoms with Gasteiger partial charge in [0, 0.05) is 0 Å². The number of hydrogen-bond donors (Lipinski definition) is 0. The fourth-order valence-electron chi connectivity index (χ4n) is 1.53. The van der Waals surface area contributed by atoms with Gasteiger partial charge < -0.3 is 11.7 Å². The van der Waals surface area contributed by atoms with E-state index in [1.165, 1.54) is 0 Å². The van der Waals surface area contributed by atoms with Crippen LogP contribution in [0.25, 0.3) is 0 Å². The van der Waals surface area contributed by atoms with Crippen molar-refractivity contribution in [3.8, 4) is 5.75 Å². The number of azo groups is 1. The number of ether oxygens (including phenoxy) is 1. The van der Waals surface area contributed by atoms with E-state index in [1.54, 1.807) is 0 Å². The summed E-state index contributed by atoms with van der Waals surface area (Å²) in [6.45, 7) is 7.73. The first-order chi connectivity index (χ1) is 9.04. The van der Waals surface area contributed by atoms with Gasteiger partial charge in [-0.25, -0.2) is 0 Å². The summed E-state index contributed by atoms with van der Waals surface area (Å²) in [6, 6.07) is 17.1.